The number of amides is 1. The van der Waals surface area contributed by atoms with E-state index in [2.05, 4.69) is 0 Å². The van der Waals surface area contributed by atoms with Gasteiger partial charge in [0.15, 0.2) is 0 Å². The molecule has 0 aliphatic carbocycles. The van der Waals surface area contributed by atoms with Crippen LogP contribution in [0, 0.1) is 12.8 Å². The molecule has 1 saturated heterocycles. The van der Waals surface area contributed by atoms with Crippen molar-refractivity contribution in [3.8, 4) is 16.9 Å². The summed E-state index contributed by atoms with van der Waals surface area (Å²) in [4.78, 5) is 26.9. The molecular formula is C24H21NO3. The van der Waals surface area contributed by atoms with E-state index in [1.54, 1.807) is 11.0 Å². The van der Waals surface area contributed by atoms with Crippen molar-refractivity contribution in [3.05, 3.63) is 84.4 Å². The molecule has 0 saturated carbocycles. The molecule has 0 bridgehead atoms. The van der Waals surface area contributed by atoms with Gasteiger partial charge in [-0.25, -0.2) is 0 Å². The lowest BCUT2D eigenvalue weighted by molar-refractivity contribution is -0.139. The Hall–Kier alpha value is -3.40. The zero-order valence-electron chi connectivity index (χ0n) is 15.7. The van der Waals surface area contributed by atoms with Gasteiger partial charge in [0.05, 0.1) is 5.92 Å². The van der Waals surface area contributed by atoms with Crippen LogP contribution < -0.4 is 9.64 Å². The van der Waals surface area contributed by atoms with Crippen LogP contribution >= 0.6 is 0 Å². The third-order valence-electron chi connectivity index (χ3n) is 4.95. The van der Waals surface area contributed by atoms with E-state index in [4.69, 9.17) is 4.74 Å². The number of hydrogen-bond acceptors (Lipinski definition) is 3. The lowest BCUT2D eigenvalue weighted by Crippen LogP contribution is -2.27. The molecule has 1 amide bonds. The van der Waals surface area contributed by atoms with E-state index in [9.17, 15) is 9.59 Å². The van der Waals surface area contributed by atoms with Crippen LogP contribution in [0.25, 0.3) is 11.1 Å². The fraction of sp³-hybridized carbons (Fsp3) is 0.167. The Labute approximate surface area is 164 Å². The summed E-state index contributed by atoms with van der Waals surface area (Å²) in [5.41, 5.74) is 3.74. The van der Waals surface area contributed by atoms with Gasteiger partial charge in [-0.3, -0.25) is 9.59 Å². The van der Waals surface area contributed by atoms with Gasteiger partial charge >= 0.3 is 5.97 Å². The first-order valence-corrected chi connectivity index (χ1v) is 9.35. The molecule has 4 rings (SSSR count). The van der Waals surface area contributed by atoms with Crippen LogP contribution in [0.2, 0.25) is 0 Å². The number of rotatable bonds is 4. The average molecular weight is 371 g/mol. The highest BCUT2D eigenvalue weighted by Gasteiger charge is 2.36. The predicted octanol–water partition coefficient (Wildman–Crippen LogP) is 4.62. The highest BCUT2D eigenvalue weighted by molar-refractivity contribution is 5.99. The van der Waals surface area contributed by atoms with E-state index in [1.165, 1.54) is 0 Å². The van der Waals surface area contributed by atoms with E-state index in [1.807, 2.05) is 79.7 Å². The van der Waals surface area contributed by atoms with E-state index >= 15 is 0 Å². The topological polar surface area (TPSA) is 46.6 Å². The maximum absolute atomic E-state index is 12.8. The molecule has 1 heterocycles. The second-order valence-electron chi connectivity index (χ2n) is 7.03. The highest BCUT2D eigenvalue weighted by Crippen LogP contribution is 2.32. The van der Waals surface area contributed by atoms with Crippen molar-refractivity contribution in [1.82, 2.24) is 0 Å². The molecule has 3 aromatic carbocycles. The molecule has 0 aromatic heterocycles. The molecule has 0 N–H and O–H groups in total. The number of para-hydroxylation sites is 1. The minimum atomic E-state index is -0.475. The van der Waals surface area contributed by atoms with Gasteiger partial charge in [0.2, 0.25) is 5.91 Å². The molecule has 1 aliphatic heterocycles. The van der Waals surface area contributed by atoms with E-state index < -0.39 is 5.92 Å². The van der Waals surface area contributed by atoms with Crippen LogP contribution in [-0.4, -0.2) is 18.4 Å². The lowest BCUT2D eigenvalue weighted by Gasteiger charge is -2.17. The number of anilines is 1. The number of esters is 1. The van der Waals surface area contributed by atoms with Gasteiger partial charge in [0, 0.05) is 24.2 Å². The molecule has 0 spiro atoms. The minimum Gasteiger partial charge on any atom is -0.426 e. The lowest BCUT2D eigenvalue weighted by atomic mass is 10.0. The number of aryl methyl sites for hydroxylation is 1. The first-order chi connectivity index (χ1) is 13.6. The van der Waals surface area contributed by atoms with E-state index in [-0.39, 0.29) is 18.3 Å². The van der Waals surface area contributed by atoms with Gasteiger partial charge < -0.3 is 9.64 Å². The normalized spacial score (nSPS) is 16.2. The van der Waals surface area contributed by atoms with Crippen molar-refractivity contribution < 1.29 is 14.3 Å². The molecule has 1 aliphatic rings. The smallest absolute Gasteiger partial charge is 0.316 e. The second-order valence-corrected chi connectivity index (χ2v) is 7.03. The van der Waals surface area contributed by atoms with Crippen LogP contribution in [0.1, 0.15) is 12.0 Å². The maximum Gasteiger partial charge on any atom is 0.316 e. The zero-order chi connectivity index (χ0) is 19.5. The van der Waals surface area contributed by atoms with Crippen molar-refractivity contribution in [2.45, 2.75) is 13.3 Å². The van der Waals surface area contributed by atoms with Gasteiger partial charge in [-0.1, -0.05) is 60.7 Å². The molecule has 140 valence electrons. The summed E-state index contributed by atoms with van der Waals surface area (Å²) in [7, 11) is 0. The van der Waals surface area contributed by atoms with Gasteiger partial charge in [-0.05, 0) is 36.2 Å². The largest absolute Gasteiger partial charge is 0.426 e. The summed E-state index contributed by atoms with van der Waals surface area (Å²) in [5.74, 6) is -0.382. The number of carbonyl (C=O) groups excluding carboxylic acids is 2. The molecule has 4 nitrogen and oxygen atoms in total. The minimum absolute atomic E-state index is 0.0519. The second kappa shape index (κ2) is 7.69. The summed E-state index contributed by atoms with van der Waals surface area (Å²) in [5, 5.41) is 0. The molecule has 0 unspecified atom stereocenters. The number of hydrogen-bond donors (Lipinski definition) is 0. The quantitative estimate of drug-likeness (QED) is 0.497. The van der Waals surface area contributed by atoms with Crippen molar-refractivity contribution >= 4 is 17.6 Å². The molecule has 0 radical (unpaired) electrons. The number of benzene rings is 3. The SMILES string of the molecule is Cc1cccc(N2C[C@@H](C(=O)Oc3ccccc3-c3ccccc3)CC2=O)c1. The Morgan fingerprint density at radius 1 is 0.964 bits per heavy atom. The maximum atomic E-state index is 12.8. The van der Waals surface area contributed by atoms with Crippen molar-refractivity contribution in [3.63, 3.8) is 0 Å². The molecule has 3 aromatic rings. The molecule has 4 heteroatoms. The number of ether oxygens (including phenoxy) is 1. The predicted molar refractivity (Wildman–Crippen MR) is 109 cm³/mol. The first kappa shape index (κ1) is 18.0. The number of nitrogens with zero attached hydrogens (tertiary/aromatic N) is 1. The highest BCUT2D eigenvalue weighted by atomic mass is 16.5. The van der Waals surface area contributed by atoms with Crippen LogP contribution in [0.3, 0.4) is 0 Å². The Balaban J connectivity index is 1.52. The van der Waals surface area contributed by atoms with Crippen molar-refractivity contribution in [1.29, 1.82) is 0 Å². The number of carbonyl (C=O) groups is 2. The van der Waals surface area contributed by atoms with E-state index in [0.29, 0.717) is 12.3 Å². The fourth-order valence-corrected chi connectivity index (χ4v) is 3.51. The first-order valence-electron chi connectivity index (χ1n) is 9.35. The van der Waals surface area contributed by atoms with Gasteiger partial charge in [-0.15, -0.1) is 0 Å². The Kier molecular flexibility index (Phi) is 4.94. The van der Waals surface area contributed by atoms with Crippen LogP contribution in [0.4, 0.5) is 5.69 Å². The standard InChI is InChI=1S/C24H21NO3/c1-17-8-7-11-20(14-17)25-16-19(15-23(25)26)24(27)28-22-13-6-5-12-21(22)18-9-3-2-4-10-18/h2-14,19H,15-16H2,1H3/t19-/m0/s1. The van der Waals surface area contributed by atoms with Gasteiger partial charge in [0.1, 0.15) is 5.75 Å². The Morgan fingerprint density at radius 3 is 2.50 bits per heavy atom. The summed E-state index contributed by atoms with van der Waals surface area (Å²) in [6.07, 6.45) is 0.167. The molecular weight excluding hydrogens is 350 g/mol. The molecule has 28 heavy (non-hydrogen) atoms. The summed E-state index contributed by atoms with van der Waals surface area (Å²) in [6, 6.07) is 25.0. The zero-order valence-corrected chi connectivity index (χ0v) is 15.7. The van der Waals surface area contributed by atoms with Crippen LogP contribution in [-0.2, 0) is 9.59 Å². The average Bonchev–Trinajstić information content (AvgIpc) is 3.11. The van der Waals surface area contributed by atoms with Crippen molar-refractivity contribution in [2.24, 2.45) is 5.92 Å². The summed E-state index contributed by atoms with van der Waals surface area (Å²) in [6.45, 7) is 2.32. The third-order valence-corrected chi connectivity index (χ3v) is 4.95. The fourth-order valence-electron chi connectivity index (χ4n) is 3.51. The Bertz CT molecular complexity index is 1010. The Morgan fingerprint density at radius 2 is 1.71 bits per heavy atom. The van der Waals surface area contributed by atoms with Crippen LogP contribution in [0.5, 0.6) is 5.75 Å². The third kappa shape index (κ3) is 3.67. The molecule has 1 atom stereocenters. The van der Waals surface area contributed by atoms with Gasteiger partial charge in [-0.2, -0.15) is 0 Å². The summed E-state index contributed by atoms with van der Waals surface area (Å²) >= 11 is 0. The summed E-state index contributed by atoms with van der Waals surface area (Å²) < 4.78 is 5.72. The monoisotopic (exact) mass is 371 g/mol. The van der Waals surface area contributed by atoms with Gasteiger partial charge in [0.25, 0.3) is 0 Å². The molecule has 1 fully saturated rings. The van der Waals surface area contributed by atoms with Crippen molar-refractivity contribution in [2.75, 3.05) is 11.4 Å². The van der Waals surface area contributed by atoms with E-state index in [0.717, 1.165) is 22.4 Å². The van der Waals surface area contributed by atoms with Crippen LogP contribution in [0.15, 0.2) is 78.9 Å².